The first kappa shape index (κ1) is 22.0. The number of nitrogens with zero attached hydrogens (tertiary/aromatic N) is 1. The highest BCUT2D eigenvalue weighted by atomic mass is 79.9. The maximum Gasteiger partial charge on any atom is 0.336 e. The molecule has 0 aromatic heterocycles. The standard InChI is InChI=1S/C24H18BrNO5/c1-30-21-14-17(15-26-19-10-8-18(9-11-19)24(28)29)13-20(25)23(21)31-22(27)12-7-16-5-3-2-4-6-16/h2-15H,1H3,(H,28,29)/b12-7+,26-15?. The van der Waals surface area contributed by atoms with Gasteiger partial charge in [0, 0.05) is 12.3 Å². The Morgan fingerprint density at radius 1 is 1.00 bits per heavy atom. The number of carbonyl (C=O) groups is 2. The first-order valence-corrected chi connectivity index (χ1v) is 9.95. The summed E-state index contributed by atoms with van der Waals surface area (Å²) in [6.45, 7) is 0. The molecule has 3 aromatic rings. The molecule has 0 amide bonds. The molecule has 0 fully saturated rings. The van der Waals surface area contributed by atoms with E-state index in [1.54, 1.807) is 36.6 Å². The number of benzene rings is 3. The SMILES string of the molecule is COc1cc(C=Nc2ccc(C(=O)O)cc2)cc(Br)c1OC(=O)/C=C/c1ccccc1. The van der Waals surface area contributed by atoms with Gasteiger partial charge in [-0.3, -0.25) is 4.99 Å². The fraction of sp³-hybridized carbons (Fsp3) is 0.0417. The van der Waals surface area contributed by atoms with Crippen molar-refractivity contribution in [2.24, 2.45) is 4.99 Å². The summed E-state index contributed by atoms with van der Waals surface area (Å²) in [7, 11) is 1.48. The van der Waals surface area contributed by atoms with Crippen LogP contribution < -0.4 is 9.47 Å². The predicted molar refractivity (Wildman–Crippen MR) is 122 cm³/mol. The molecule has 3 rings (SSSR count). The summed E-state index contributed by atoms with van der Waals surface area (Å²) < 4.78 is 11.3. The van der Waals surface area contributed by atoms with Crippen LogP contribution in [0.4, 0.5) is 5.69 Å². The van der Waals surface area contributed by atoms with Gasteiger partial charge in [-0.25, -0.2) is 9.59 Å². The quantitative estimate of drug-likeness (QED) is 0.208. The third-order valence-electron chi connectivity index (χ3n) is 4.14. The maximum absolute atomic E-state index is 12.2. The maximum atomic E-state index is 12.2. The van der Waals surface area contributed by atoms with Crippen LogP contribution in [0.1, 0.15) is 21.5 Å². The lowest BCUT2D eigenvalue weighted by Gasteiger charge is -2.11. The van der Waals surface area contributed by atoms with Crippen molar-refractivity contribution >= 4 is 45.8 Å². The number of carbonyl (C=O) groups excluding carboxylic acids is 1. The minimum atomic E-state index is -0.993. The summed E-state index contributed by atoms with van der Waals surface area (Å²) in [5, 5.41) is 8.95. The highest BCUT2D eigenvalue weighted by Gasteiger charge is 2.14. The van der Waals surface area contributed by atoms with E-state index in [0.717, 1.165) is 5.56 Å². The second kappa shape index (κ2) is 10.4. The van der Waals surface area contributed by atoms with Crippen LogP contribution in [0.2, 0.25) is 0 Å². The molecule has 31 heavy (non-hydrogen) atoms. The second-order valence-electron chi connectivity index (χ2n) is 6.31. The highest BCUT2D eigenvalue weighted by Crippen LogP contribution is 2.36. The Morgan fingerprint density at radius 3 is 2.35 bits per heavy atom. The van der Waals surface area contributed by atoms with E-state index in [0.29, 0.717) is 21.5 Å². The van der Waals surface area contributed by atoms with E-state index >= 15 is 0 Å². The minimum Gasteiger partial charge on any atom is -0.493 e. The van der Waals surface area contributed by atoms with Gasteiger partial charge in [-0.2, -0.15) is 0 Å². The Bertz CT molecular complexity index is 1140. The summed E-state index contributed by atoms with van der Waals surface area (Å²) in [4.78, 5) is 27.5. The van der Waals surface area contributed by atoms with Gasteiger partial charge in [0.05, 0.1) is 22.8 Å². The lowest BCUT2D eigenvalue weighted by Crippen LogP contribution is -2.06. The zero-order valence-electron chi connectivity index (χ0n) is 16.5. The number of carboxylic acids is 1. The number of halogens is 1. The predicted octanol–water partition coefficient (Wildman–Crippen LogP) is 5.53. The molecule has 0 aliphatic carbocycles. The van der Waals surface area contributed by atoms with Gasteiger partial charge in [-0.1, -0.05) is 30.3 Å². The largest absolute Gasteiger partial charge is 0.493 e. The molecule has 0 aliphatic rings. The molecule has 3 aromatic carbocycles. The van der Waals surface area contributed by atoms with Crippen LogP contribution in [0.25, 0.3) is 6.08 Å². The molecule has 0 aliphatic heterocycles. The number of hydrogen-bond donors (Lipinski definition) is 1. The first-order valence-electron chi connectivity index (χ1n) is 9.16. The molecule has 0 saturated carbocycles. The number of carboxylic acid groups (broad SMARTS) is 1. The fourth-order valence-corrected chi connectivity index (χ4v) is 3.16. The molecule has 0 unspecified atom stereocenters. The zero-order chi connectivity index (χ0) is 22.2. The number of ether oxygens (including phenoxy) is 2. The number of hydrogen-bond acceptors (Lipinski definition) is 5. The van der Waals surface area contributed by atoms with Crippen LogP contribution in [0.3, 0.4) is 0 Å². The van der Waals surface area contributed by atoms with E-state index in [2.05, 4.69) is 20.9 Å². The van der Waals surface area contributed by atoms with Crippen molar-refractivity contribution in [1.82, 2.24) is 0 Å². The van der Waals surface area contributed by atoms with Gasteiger partial charge in [-0.05, 0) is 69.5 Å². The van der Waals surface area contributed by atoms with Gasteiger partial charge >= 0.3 is 11.9 Å². The average molecular weight is 480 g/mol. The average Bonchev–Trinajstić information content (AvgIpc) is 2.78. The van der Waals surface area contributed by atoms with Crippen molar-refractivity contribution in [3.63, 3.8) is 0 Å². The van der Waals surface area contributed by atoms with Crippen LogP contribution >= 0.6 is 15.9 Å². The lowest BCUT2D eigenvalue weighted by molar-refractivity contribution is -0.129. The first-order chi connectivity index (χ1) is 15.0. The van der Waals surface area contributed by atoms with Crippen LogP contribution in [-0.2, 0) is 4.79 Å². The van der Waals surface area contributed by atoms with E-state index in [-0.39, 0.29) is 11.3 Å². The molecule has 1 N–H and O–H groups in total. The van der Waals surface area contributed by atoms with Crippen LogP contribution in [-0.4, -0.2) is 30.4 Å². The van der Waals surface area contributed by atoms with E-state index in [4.69, 9.17) is 14.6 Å². The van der Waals surface area contributed by atoms with Gasteiger partial charge in [0.25, 0.3) is 0 Å². The fourth-order valence-electron chi connectivity index (χ4n) is 2.62. The van der Waals surface area contributed by atoms with Crippen LogP contribution in [0.5, 0.6) is 11.5 Å². The number of rotatable bonds is 7. The number of methoxy groups -OCH3 is 1. The van der Waals surface area contributed by atoms with Crippen molar-refractivity contribution in [2.45, 2.75) is 0 Å². The molecule has 0 heterocycles. The Balaban J connectivity index is 1.75. The molecule has 6 nitrogen and oxygen atoms in total. The molecule has 0 saturated heterocycles. The third-order valence-corrected chi connectivity index (χ3v) is 4.73. The Hall–Kier alpha value is -3.71. The number of aliphatic imine (C=N–C) groups is 1. The topological polar surface area (TPSA) is 85.2 Å². The van der Waals surface area contributed by atoms with E-state index in [1.807, 2.05) is 30.3 Å². The van der Waals surface area contributed by atoms with Crippen molar-refractivity contribution in [1.29, 1.82) is 0 Å². The van der Waals surface area contributed by atoms with Gasteiger partial charge in [0.15, 0.2) is 11.5 Å². The number of esters is 1. The zero-order valence-corrected chi connectivity index (χ0v) is 18.1. The Labute approximate surface area is 187 Å². The molecule has 0 spiro atoms. The third kappa shape index (κ3) is 6.13. The minimum absolute atomic E-state index is 0.191. The highest BCUT2D eigenvalue weighted by molar-refractivity contribution is 9.10. The molecule has 0 bridgehead atoms. The molecule has 0 radical (unpaired) electrons. The molecule has 156 valence electrons. The smallest absolute Gasteiger partial charge is 0.336 e. The van der Waals surface area contributed by atoms with Gasteiger partial charge < -0.3 is 14.6 Å². The molecular formula is C24H18BrNO5. The van der Waals surface area contributed by atoms with Crippen molar-refractivity contribution in [3.8, 4) is 11.5 Å². The summed E-state index contributed by atoms with van der Waals surface area (Å²) in [6, 6.07) is 19.0. The normalized spacial score (nSPS) is 11.0. The van der Waals surface area contributed by atoms with Crippen molar-refractivity contribution < 1.29 is 24.2 Å². The van der Waals surface area contributed by atoms with E-state index < -0.39 is 11.9 Å². The number of aromatic carboxylic acids is 1. The Morgan fingerprint density at radius 2 is 1.71 bits per heavy atom. The molecule has 7 heteroatoms. The van der Waals surface area contributed by atoms with Gasteiger partial charge in [-0.15, -0.1) is 0 Å². The van der Waals surface area contributed by atoms with Gasteiger partial charge in [0.2, 0.25) is 0 Å². The molecule has 0 atom stereocenters. The summed E-state index contributed by atoms with van der Waals surface area (Å²) in [5.41, 5.74) is 2.37. The van der Waals surface area contributed by atoms with E-state index in [1.165, 1.54) is 25.3 Å². The monoisotopic (exact) mass is 479 g/mol. The summed E-state index contributed by atoms with van der Waals surface area (Å²) in [5.74, 6) is -0.914. The van der Waals surface area contributed by atoms with Crippen LogP contribution in [0, 0.1) is 0 Å². The second-order valence-corrected chi connectivity index (χ2v) is 7.16. The summed E-state index contributed by atoms with van der Waals surface area (Å²) in [6.07, 6.45) is 4.61. The van der Waals surface area contributed by atoms with Crippen molar-refractivity contribution in [3.05, 3.63) is 94.0 Å². The van der Waals surface area contributed by atoms with Crippen LogP contribution in [0.15, 0.2) is 82.3 Å². The Kier molecular flexibility index (Phi) is 7.35. The van der Waals surface area contributed by atoms with E-state index in [9.17, 15) is 9.59 Å². The lowest BCUT2D eigenvalue weighted by atomic mass is 10.2. The van der Waals surface area contributed by atoms with Gasteiger partial charge in [0.1, 0.15) is 0 Å². The summed E-state index contributed by atoms with van der Waals surface area (Å²) >= 11 is 3.41. The van der Waals surface area contributed by atoms with Crippen molar-refractivity contribution in [2.75, 3.05) is 7.11 Å². The molecular weight excluding hydrogens is 462 g/mol.